The maximum atomic E-state index is 10.9. The van der Waals surface area contributed by atoms with Crippen LogP contribution >= 0.6 is 0 Å². The number of furan rings is 2. The molecule has 0 radical (unpaired) electrons. The molecule has 0 bridgehead atoms. The fourth-order valence-corrected chi connectivity index (χ4v) is 1.35. The Labute approximate surface area is 71.7 Å². The molecule has 64 valence electrons. The molecule has 2 aliphatic rings. The zero-order chi connectivity index (χ0) is 8.84. The minimum atomic E-state index is -0.410. The second-order valence-corrected chi connectivity index (χ2v) is 2.69. The molecule has 0 fully saturated rings. The van der Waals surface area contributed by atoms with Gasteiger partial charge in [0.15, 0.2) is 17.1 Å². The number of fused-ring (bicyclic) bond motifs is 3. The highest BCUT2D eigenvalue weighted by Gasteiger charge is 2.16. The van der Waals surface area contributed by atoms with Crippen molar-refractivity contribution in [2.45, 2.75) is 0 Å². The number of hydrogen-bond donors (Lipinski definition) is 0. The van der Waals surface area contributed by atoms with Crippen molar-refractivity contribution in [3.63, 3.8) is 0 Å². The fraction of sp³-hybridized carbons (Fsp3) is 0. The van der Waals surface area contributed by atoms with E-state index in [1.54, 1.807) is 6.07 Å². The van der Waals surface area contributed by atoms with Crippen molar-refractivity contribution in [2.24, 2.45) is 0 Å². The third-order valence-electron chi connectivity index (χ3n) is 1.91. The molecule has 4 heteroatoms. The maximum Gasteiger partial charge on any atom is 0.340 e. The Balaban J connectivity index is 2.63. The number of hydrogen-bond acceptors (Lipinski definition) is 4. The summed E-state index contributed by atoms with van der Waals surface area (Å²) in [5.74, 6) is 0.884. The summed E-state index contributed by atoms with van der Waals surface area (Å²) in [4.78, 5) is 10.9. The molecule has 4 nitrogen and oxygen atoms in total. The quantitative estimate of drug-likeness (QED) is 0.526. The van der Waals surface area contributed by atoms with E-state index in [0.29, 0.717) is 17.1 Å². The minimum Gasteiger partial charge on any atom is -0.461 e. The summed E-state index contributed by atoms with van der Waals surface area (Å²) in [6.45, 7) is 0. The molecule has 0 spiro atoms. The second-order valence-electron chi connectivity index (χ2n) is 2.69. The topological polar surface area (TPSA) is 56.5 Å². The van der Waals surface area contributed by atoms with Crippen molar-refractivity contribution >= 4 is 11.0 Å². The van der Waals surface area contributed by atoms with Crippen LogP contribution in [0.3, 0.4) is 0 Å². The molecule has 0 unspecified atom stereocenters. The van der Waals surface area contributed by atoms with E-state index in [4.69, 9.17) is 13.3 Å². The zero-order valence-corrected chi connectivity index (χ0v) is 6.44. The van der Waals surface area contributed by atoms with Crippen LogP contribution in [0.2, 0.25) is 0 Å². The monoisotopic (exact) mass is 176 g/mol. The van der Waals surface area contributed by atoms with Crippen LogP contribution in [0.1, 0.15) is 0 Å². The predicted molar refractivity (Wildman–Crippen MR) is 43.6 cm³/mol. The molecule has 0 N–H and O–H groups in total. The first-order valence-corrected chi connectivity index (χ1v) is 3.73. The van der Waals surface area contributed by atoms with Gasteiger partial charge in [-0.05, 0) is 6.07 Å². The van der Waals surface area contributed by atoms with Gasteiger partial charge in [0, 0.05) is 0 Å². The summed E-state index contributed by atoms with van der Waals surface area (Å²) in [6.07, 6.45) is 2.97. The Hall–Kier alpha value is -1.97. The van der Waals surface area contributed by atoms with Crippen molar-refractivity contribution < 1.29 is 13.3 Å². The number of rotatable bonds is 0. The van der Waals surface area contributed by atoms with Crippen molar-refractivity contribution in [2.75, 3.05) is 0 Å². The standard InChI is InChI=1S/C9H4O4/c10-8-3-6-9(13-8)5-1-2-11-7(5)4-12-6/h1-4H. The molecule has 3 heterocycles. The predicted octanol–water partition coefficient (Wildman–Crippen LogP) is 2.08. The molecule has 1 aromatic heterocycles. The lowest BCUT2D eigenvalue weighted by Crippen LogP contribution is -1.83. The van der Waals surface area contributed by atoms with Gasteiger partial charge in [0.1, 0.15) is 6.26 Å². The molecule has 13 heavy (non-hydrogen) atoms. The van der Waals surface area contributed by atoms with E-state index in [2.05, 4.69) is 0 Å². The lowest BCUT2D eigenvalue weighted by atomic mass is 10.2. The summed E-state index contributed by atoms with van der Waals surface area (Å²) in [7, 11) is 0. The van der Waals surface area contributed by atoms with Crippen LogP contribution in [-0.2, 0) is 0 Å². The van der Waals surface area contributed by atoms with Gasteiger partial charge in [-0.3, -0.25) is 0 Å². The molecule has 0 saturated heterocycles. The Bertz CT molecular complexity index is 583. The van der Waals surface area contributed by atoms with E-state index in [9.17, 15) is 4.79 Å². The van der Waals surface area contributed by atoms with Crippen molar-refractivity contribution in [1.29, 1.82) is 0 Å². The molecule has 0 amide bonds. The van der Waals surface area contributed by atoms with Gasteiger partial charge >= 0.3 is 5.63 Å². The highest BCUT2D eigenvalue weighted by molar-refractivity contribution is 5.89. The average molecular weight is 176 g/mol. The molecule has 0 saturated carbocycles. The van der Waals surface area contributed by atoms with E-state index in [-0.39, 0.29) is 0 Å². The summed E-state index contributed by atoms with van der Waals surface area (Å²) < 4.78 is 15.1. The van der Waals surface area contributed by atoms with E-state index >= 15 is 0 Å². The van der Waals surface area contributed by atoms with Crippen LogP contribution in [0.15, 0.2) is 42.7 Å². The summed E-state index contributed by atoms with van der Waals surface area (Å²) in [5, 5.41) is 0.753. The van der Waals surface area contributed by atoms with E-state index < -0.39 is 5.63 Å². The Morgan fingerprint density at radius 2 is 2.15 bits per heavy atom. The van der Waals surface area contributed by atoms with Gasteiger partial charge in [0.25, 0.3) is 0 Å². The van der Waals surface area contributed by atoms with Crippen molar-refractivity contribution in [1.82, 2.24) is 0 Å². The lowest BCUT2D eigenvalue weighted by Gasteiger charge is -1.93. The fourth-order valence-electron chi connectivity index (χ4n) is 1.35. The van der Waals surface area contributed by atoms with E-state index in [0.717, 1.165) is 5.39 Å². The van der Waals surface area contributed by atoms with Gasteiger partial charge in [-0.1, -0.05) is 0 Å². The highest BCUT2D eigenvalue weighted by Crippen LogP contribution is 2.30. The summed E-state index contributed by atoms with van der Waals surface area (Å²) in [6, 6.07) is 3.04. The summed E-state index contributed by atoms with van der Waals surface area (Å²) >= 11 is 0. The van der Waals surface area contributed by atoms with Crippen LogP contribution in [0.4, 0.5) is 0 Å². The third kappa shape index (κ3) is 0.767. The van der Waals surface area contributed by atoms with Crippen molar-refractivity contribution in [3.05, 3.63) is 35.1 Å². The Morgan fingerprint density at radius 3 is 3.08 bits per heavy atom. The molecule has 2 aliphatic heterocycles. The Kier molecular flexibility index (Phi) is 1.02. The van der Waals surface area contributed by atoms with Crippen LogP contribution in [0.25, 0.3) is 22.5 Å². The highest BCUT2D eigenvalue weighted by atomic mass is 16.4. The van der Waals surface area contributed by atoms with Crippen LogP contribution in [0.5, 0.6) is 0 Å². The molecular formula is C9H4O4. The molecule has 0 aromatic carbocycles. The SMILES string of the molecule is O=c1cc2occ3occc3c-2o1. The smallest absolute Gasteiger partial charge is 0.340 e. The lowest BCUT2D eigenvalue weighted by molar-refractivity contribution is 0.507. The zero-order valence-electron chi connectivity index (χ0n) is 6.44. The first-order chi connectivity index (χ1) is 6.34. The molecule has 0 aliphatic carbocycles. The normalized spacial score (nSPS) is 11.4. The average Bonchev–Trinajstić information content (AvgIpc) is 2.65. The van der Waals surface area contributed by atoms with Gasteiger partial charge in [0.05, 0.1) is 17.7 Å². The van der Waals surface area contributed by atoms with Crippen molar-refractivity contribution in [3.8, 4) is 11.5 Å². The second kappa shape index (κ2) is 2.04. The van der Waals surface area contributed by atoms with Crippen LogP contribution < -0.4 is 5.63 Å². The summed E-state index contributed by atoms with van der Waals surface area (Å²) in [5.41, 5.74) is 0.161. The molecule has 1 aromatic rings. The molecule has 3 rings (SSSR count). The molecule has 0 atom stereocenters. The minimum absolute atomic E-state index is 0.410. The maximum absolute atomic E-state index is 10.9. The first kappa shape index (κ1) is 6.54. The first-order valence-electron chi connectivity index (χ1n) is 3.73. The van der Waals surface area contributed by atoms with Gasteiger partial charge in [-0.25, -0.2) is 4.79 Å². The van der Waals surface area contributed by atoms with E-state index in [1.165, 1.54) is 18.6 Å². The third-order valence-corrected chi connectivity index (χ3v) is 1.91. The Morgan fingerprint density at radius 1 is 1.23 bits per heavy atom. The van der Waals surface area contributed by atoms with Gasteiger partial charge < -0.3 is 13.3 Å². The van der Waals surface area contributed by atoms with Gasteiger partial charge in [0.2, 0.25) is 0 Å². The van der Waals surface area contributed by atoms with E-state index in [1.807, 2.05) is 0 Å². The van der Waals surface area contributed by atoms with Crippen LogP contribution in [-0.4, -0.2) is 0 Å². The van der Waals surface area contributed by atoms with Gasteiger partial charge in [-0.15, -0.1) is 0 Å². The molecular weight excluding hydrogens is 172 g/mol. The largest absolute Gasteiger partial charge is 0.461 e. The van der Waals surface area contributed by atoms with Gasteiger partial charge in [-0.2, -0.15) is 0 Å². The van der Waals surface area contributed by atoms with Crippen LogP contribution in [0, 0.1) is 0 Å².